The number of aryl methyl sites for hydroxylation is 2. The molecule has 20 heavy (non-hydrogen) atoms. The molecule has 5 nitrogen and oxygen atoms in total. The van der Waals surface area contributed by atoms with Crippen LogP contribution in [0.5, 0.6) is 0 Å². The van der Waals surface area contributed by atoms with E-state index in [1.54, 1.807) is 14.0 Å². The average molecular weight is 280 g/mol. The number of aromatic nitrogens is 2. The lowest BCUT2D eigenvalue weighted by Crippen LogP contribution is -2.17. The summed E-state index contributed by atoms with van der Waals surface area (Å²) in [5, 5.41) is 9.02. The van der Waals surface area contributed by atoms with E-state index in [1.165, 1.54) is 0 Å². The number of aliphatic carboxylic acids is 1. The summed E-state index contributed by atoms with van der Waals surface area (Å²) in [6, 6.07) is 0. The zero-order valence-corrected chi connectivity index (χ0v) is 12.9. The highest BCUT2D eigenvalue weighted by Crippen LogP contribution is 2.22. The van der Waals surface area contributed by atoms with Crippen LogP contribution in [0.1, 0.15) is 55.6 Å². The molecule has 0 amide bonds. The Bertz CT molecular complexity index is 451. The molecule has 0 spiro atoms. The van der Waals surface area contributed by atoms with Gasteiger partial charge in [0.05, 0.1) is 5.92 Å². The van der Waals surface area contributed by atoms with Crippen LogP contribution in [0.4, 0.5) is 0 Å². The Balaban J connectivity index is 3.05. The van der Waals surface area contributed by atoms with Crippen molar-refractivity contribution < 1.29 is 14.6 Å². The molecule has 112 valence electrons. The van der Waals surface area contributed by atoms with Gasteiger partial charge in [-0.1, -0.05) is 20.3 Å². The minimum atomic E-state index is -0.798. The predicted molar refractivity (Wildman–Crippen MR) is 76.7 cm³/mol. The van der Waals surface area contributed by atoms with Gasteiger partial charge in [0, 0.05) is 18.5 Å². The molecule has 1 aromatic heterocycles. The lowest BCUT2D eigenvalue weighted by molar-refractivity contribution is -0.141. The molecule has 0 fully saturated rings. The Labute approximate surface area is 120 Å². The van der Waals surface area contributed by atoms with Crippen LogP contribution in [0.25, 0.3) is 0 Å². The van der Waals surface area contributed by atoms with E-state index < -0.39 is 11.9 Å². The fraction of sp³-hybridized carbons (Fsp3) is 0.667. The van der Waals surface area contributed by atoms with Crippen molar-refractivity contribution >= 4 is 5.97 Å². The molecular formula is C15H24N2O3. The highest BCUT2D eigenvalue weighted by molar-refractivity contribution is 5.70. The van der Waals surface area contributed by atoms with Crippen LogP contribution < -0.4 is 0 Å². The molecule has 0 radical (unpaired) electrons. The minimum absolute atomic E-state index is 0.0941. The third-order valence-electron chi connectivity index (χ3n) is 3.49. The molecule has 0 bridgehead atoms. The number of methoxy groups -OCH3 is 1. The van der Waals surface area contributed by atoms with Crippen molar-refractivity contribution in [1.82, 2.24) is 9.97 Å². The minimum Gasteiger partial charge on any atom is -0.481 e. The summed E-state index contributed by atoms with van der Waals surface area (Å²) in [4.78, 5) is 20.0. The molecule has 0 aliphatic heterocycles. The van der Waals surface area contributed by atoms with Gasteiger partial charge in [-0.2, -0.15) is 0 Å². The molecule has 5 heteroatoms. The second-order valence-electron chi connectivity index (χ2n) is 5.19. The van der Waals surface area contributed by atoms with Gasteiger partial charge < -0.3 is 9.84 Å². The number of carbonyl (C=O) groups is 1. The number of ether oxygens (including phenoxy) is 1. The van der Waals surface area contributed by atoms with Crippen molar-refractivity contribution in [3.63, 3.8) is 0 Å². The summed E-state index contributed by atoms with van der Waals surface area (Å²) in [5.41, 5.74) is 2.62. The summed E-state index contributed by atoms with van der Waals surface area (Å²) in [6.07, 6.45) is 2.24. The van der Waals surface area contributed by atoms with E-state index in [4.69, 9.17) is 9.84 Å². The molecular weight excluding hydrogens is 256 g/mol. The topological polar surface area (TPSA) is 72.3 Å². The molecule has 0 saturated heterocycles. The third-order valence-corrected chi connectivity index (χ3v) is 3.49. The van der Waals surface area contributed by atoms with E-state index >= 15 is 0 Å². The number of carboxylic acids is 1. The first-order valence-corrected chi connectivity index (χ1v) is 7.00. The zero-order valence-electron chi connectivity index (χ0n) is 12.9. The summed E-state index contributed by atoms with van der Waals surface area (Å²) in [7, 11) is 1.66. The molecule has 0 aromatic carbocycles. The largest absolute Gasteiger partial charge is 0.481 e. The standard InChI is InChI=1S/C15H24N2O3/c1-6-7-13(20-5)14-16-10(3)12(11(4)17-14)8-9(2)15(18)19/h9,13H,6-8H2,1-5H3,(H,18,19). The van der Waals surface area contributed by atoms with Crippen LogP contribution >= 0.6 is 0 Å². The van der Waals surface area contributed by atoms with Crippen LogP contribution in [0, 0.1) is 19.8 Å². The van der Waals surface area contributed by atoms with Gasteiger partial charge in [-0.05, 0) is 32.3 Å². The van der Waals surface area contributed by atoms with E-state index in [0.717, 1.165) is 29.8 Å². The third kappa shape index (κ3) is 4.00. The molecule has 2 unspecified atom stereocenters. The Morgan fingerprint density at radius 3 is 2.25 bits per heavy atom. The van der Waals surface area contributed by atoms with Crippen molar-refractivity contribution in [2.45, 2.75) is 53.1 Å². The Hall–Kier alpha value is -1.49. The highest BCUT2D eigenvalue weighted by atomic mass is 16.5. The number of rotatable bonds is 7. The van der Waals surface area contributed by atoms with Gasteiger partial charge in [-0.25, -0.2) is 9.97 Å². The lowest BCUT2D eigenvalue weighted by atomic mass is 9.98. The molecule has 1 aromatic rings. The van der Waals surface area contributed by atoms with E-state index in [-0.39, 0.29) is 6.10 Å². The number of carboxylic acid groups (broad SMARTS) is 1. The Kier molecular flexibility index (Phi) is 6.07. The summed E-state index contributed by atoms with van der Waals surface area (Å²) >= 11 is 0. The SMILES string of the molecule is CCCC(OC)c1nc(C)c(CC(C)C(=O)O)c(C)n1. The van der Waals surface area contributed by atoms with E-state index in [0.29, 0.717) is 12.2 Å². The van der Waals surface area contributed by atoms with Crippen LogP contribution in [-0.4, -0.2) is 28.2 Å². The predicted octanol–water partition coefficient (Wildman–Crippen LogP) is 2.84. The van der Waals surface area contributed by atoms with Gasteiger partial charge in [0.2, 0.25) is 0 Å². The smallest absolute Gasteiger partial charge is 0.306 e. The normalized spacial score (nSPS) is 14.1. The molecule has 0 saturated carbocycles. The first-order valence-electron chi connectivity index (χ1n) is 7.00. The van der Waals surface area contributed by atoms with Crippen LogP contribution in [0.2, 0.25) is 0 Å². The van der Waals surface area contributed by atoms with Crippen molar-refractivity contribution in [1.29, 1.82) is 0 Å². The van der Waals surface area contributed by atoms with Gasteiger partial charge in [-0.3, -0.25) is 4.79 Å². The summed E-state index contributed by atoms with van der Waals surface area (Å²) in [5.74, 6) is -0.541. The maximum absolute atomic E-state index is 11.0. The van der Waals surface area contributed by atoms with Crippen molar-refractivity contribution in [3.8, 4) is 0 Å². The molecule has 2 atom stereocenters. The van der Waals surface area contributed by atoms with Crippen LogP contribution in [0.15, 0.2) is 0 Å². The maximum atomic E-state index is 11.0. The lowest BCUT2D eigenvalue weighted by Gasteiger charge is -2.17. The van der Waals surface area contributed by atoms with Gasteiger partial charge in [0.25, 0.3) is 0 Å². The zero-order chi connectivity index (χ0) is 15.3. The average Bonchev–Trinajstić information content (AvgIpc) is 2.39. The van der Waals surface area contributed by atoms with E-state index in [2.05, 4.69) is 16.9 Å². The number of hydrogen-bond donors (Lipinski definition) is 1. The fourth-order valence-electron chi connectivity index (χ4n) is 2.21. The maximum Gasteiger partial charge on any atom is 0.306 e. The van der Waals surface area contributed by atoms with Crippen LogP contribution in [0.3, 0.4) is 0 Å². The second kappa shape index (κ2) is 7.33. The first-order chi connectivity index (χ1) is 9.40. The highest BCUT2D eigenvalue weighted by Gasteiger charge is 2.19. The molecule has 1 heterocycles. The van der Waals surface area contributed by atoms with Gasteiger partial charge in [0.15, 0.2) is 5.82 Å². The van der Waals surface area contributed by atoms with Crippen LogP contribution in [-0.2, 0) is 16.0 Å². The first kappa shape index (κ1) is 16.6. The monoisotopic (exact) mass is 280 g/mol. The number of hydrogen-bond acceptors (Lipinski definition) is 4. The van der Waals surface area contributed by atoms with Crippen molar-refractivity contribution in [2.75, 3.05) is 7.11 Å². The Morgan fingerprint density at radius 2 is 1.85 bits per heavy atom. The van der Waals surface area contributed by atoms with Gasteiger partial charge in [0.1, 0.15) is 6.10 Å². The quantitative estimate of drug-likeness (QED) is 0.831. The molecule has 0 aliphatic carbocycles. The summed E-state index contributed by atoms with van der Waals surface area (Å²) in [6.45, 7) is 7.60. The van der Waals surface area contributed by atoms with Crippen molar-refractivity contribution in [3.05, 3.63) is 22.8 Å². The van der Waals surface area contributed by atoms with Gasteiger partial charge >= 0.3 is 5.97 Å². The summed E-state index contributed by atoms with van der Waals surface area (Å²) < 4.78 is 5.43. The van der Waals surface area contributed by atoms with Crippen molar-refractivity contribution in [2.24, 2.45) is 5.92 Å². The van der Waals surface area contributed by atoms with E-state index in [1.807, 2.05) is 13.8 Å². The number of nitrogens with zero attached hydrogens (tertiary/aromatic N) is 2. The fourth-order valence-corrected chi connectivity index (χ4v) is 2.21. The Morgan fingerprint density at radius 1 is 1.30 bits per heavy atom. The van der Waals surface area contributed by atoms with E-state index in [9.17, 15) is 4.79 Å². The molecule has 1 N–H and O–H groups in total. The molecule has 0 aliphatic rings. The second-order valence-corrected chi connectivity index (χ2v) is 5.19. The molecule has 1 rings (SSSR count). The van der Waals surface area contributed by atoms with Gasteiger partial charge in [-0.15, -0.1) is 0 Å².